The summed E-state index contributed by atoms with van der Waals surface area (Å²) in [5.74, 6) is 0.0803. The molecule has 9 heteroatoms. The summed E-state index contributed by atoms with van der Waals surface area (Å²) in [5, 5.41) is 0.611. The van der Waals surface area contributed by atoms with Gasteiger partial charge in [-0.05, 0) is 37.5 Å². The van der Waals surface area contributed by atoms with Gasteiger partial charge in [0, 0.05) is 34.2 Å². The lowest BCUT2D eigenvalue weighted by Crippen LogP contribution is -2.32. The van der Waals surface area contributed by atoms with Gasteiger partial charge in [0.05, 0.1) is 0 Å². The molecule has 120 valence electrons. The summed E-state index contributed by atoms with van der Waals surface area (Å²) in [6, 6.07) is 0. The van der Waals surface area contributed by atoms with Crippen LogP contribution in [0, 0.1) is 0 Å². The molecule has 1 aliphatic rings. The van der Waals surface area contributed by atoms with Gasteiger partial charge in [-0.2, -0.15) is 4.37 Å². The van der Waals surface area contributed by atoms with Crippen LogP contribution in [0.5, 0.6) is 0 Å². The van der Waals surface area contributed by atoms with E-state index >= 15 is 0 Å². The topological polar surface area (TPSA) is 82.8 Å². The minimum atomic E-state index is -3.58. The van der Waals surface area contributed by atoms with E-state index in [-0.39, 0.29) is 10.7 Å². The molecule has 1 aromatic heterocycles. The predicted molar refractivity (Wildman–Crippen MR) is 86.3 cm³/mol. The summed E-state index contributed by atoms with van der Waals surface area (Å²) in [6.45, 7) is 3.94. The van der Waals surface area contributed by atoms with Crippen LogP contribution in [0.3, 0.4) is 0 Å². The van der Waals surface area contributed by atoms with E-state index in [2.05, 4.69) is 9.27 Å². The number of aromatic nitrogens is 1. The van der Waals surface area contributed by atoms with Crippen LogP contribution < -0.4 is 10.6 Å². The quantitative estimate of drug-likeness (QED) is 0.817. The fourth-order valence-corrected chi connectivity index (χ4v) is 4.58. The Morgan fingerprint density at radius 2 is 1.90 bits per heavy atom. The molecule has 1 aromatic rings. The molecule has 0 aliphatic carbocycles. The second-order valence-corrected chi connectivity index (χ2v) is 8.30. The summed E-state index contributed by atoms with van der Waals surface area (Å²) < 4.78 is 29.9. The molecule has 2 N–H and O–H groups in total. The molecule has 1 saturated heterocycles. The number of likely N-dealkylation sites (N-methyl/N-ethyl adjacent to an activating group) is 1. The van der Waals surface area contributed by atoms with Gasteiger partial charge in [-0.15, -0.1) is 0 Å². The Hall–Kier alpha value is -0.900. The summed E-state index contributed by atoms with van der Waals surface area (Å²) in [6.07, 6.45) is 2.49. The predicted octanol–water partition coefficient (Wildman–Crippen LogP) is 0.508. The molecule has 0 unspecified atom stereocenters. The van der Waals surface area contributed by atoms with Crippen LogP contribution in [0.4, 0.5) is 10.8 Å². The number of sulfonamides is 1. The Balaban J connectivity index is 2.16. The van der Waals surface area contributed by atoms with Crippen molar-refractivity contribution in [2.24, 2.45) is 0 Å². The third-order valence-electron chi connectivity index (χ3n) is 3.69. The van der Waals surface area contributed by atoms with E-state index in [1.54, 1.807) is 0 Å². The van der Waals surface area contributed by atoms with Gasteiger partial charge in [0.1, 0.15) is 5.00 Å². The minimum Gasteiger partial charge on any atom is -0.382 e. The molecule has 0 saturated carbocycles. The van der Waals surface area contributed by atoms with Crippen LogP contribution in [0.15, 0.2) is 4.90 Å². The average molecular weight is 333 g/mol. The van der Waals surface area contributed by atoms with Gasteiger partial charge in [-0.25, -0.2) is 12.7 Å². The minimum absolute atomic E-state index is 0.0803. The van der Waals surface area contributed by atoms with Crippen LogP contribution in [-0.2, 0) is 10.0 Å². The van der Waals surface area contributed by atoms with E-state index in [1.165, 1.54) is 31.2 Å². The Kier molecular flexibility index (Phi) is 5.07. The average Bonchev–Trinajstić information content (AvgIpc) is 3.04. The van der Waals surface area contributed by atoms with Gasteiger partial charge in [0.15, 0.2) is 10.7 Å². The van der Waals surface area contributed by atoms with E-state index in [1.807, 2.05) is 11.9 Å². The van der Waals surface area contributed by atoms with Gasteiger partial charge in [0.2, 0.25) is 10.0 Å². The fourth-order valence-electron chi connectivity index (χ4n) is 2.35. The maximum Gasteiger partial charge on any atom is 0.249 e. The number of hydrogen-bond acceptors (Lipinski definition) is 7. The SMILES string of the molecule is CN(CCN1CCCC1)c1snc(N)c1S(=O)(=O)N(C)C. The van der Waals surface area contributed by atoms with E-state index in [0.717, 1.165) is 37.7 Å². The zero-order valence-electron chi connectivity index (χ0n) is 12.7. The van der Waals surface area contributed by atoms with E-state index in [4.69, 9.17) is 5.73 Å². The zero-order chi connectivity index (χ0) is 15.6. The van der Waals surface area contributed by atoms with Gasteiger partial charge in [-0.1, -0.05) is 0 Å². The van der Waals surface area contributed by atoms with Gasteiger partial charge >= 0.3 is 0 Å². The van der Waals surface area contributed by atoms with Crippen LogP contribution in [-0.4, -0.2) is 69.3 Å². The van der Waals surface area contributed by atoms with Crippen molar-refractivity contribution in [3.63, 3.8) is 0 Å². The van der Waals surface area contributed by atoms with Crippen molar-refractivity contribution in [1.29, 1.82) is 0 Å². The van der Waals surface area contributed by atoms with Crippen molar-refractivity contribution < 1.29 is 8.42 Å². The maximum atomic E-state index is 12.4. The lowest BCUT2D eigenvalue weighted by Gasteiger charge is -2.23. The number of likely N-dealkylation sites (tertiary alicyclic amines) is 1. The molecule has 0 bridgehead atoms. The van der Waals surface area contributed by atoms with Crippen molar-refractivity contribution >= 4 is 32.4 Å². The first kappa shape index (κ1) is 16.5. The molecule has 0 atom stereocenters. The summed E-state index contributed by atoms with van der Waals surface area (Å²) >= 11 is 1.14. The Morgan fingerprint density at radius 1 is 1.29 bits per heavy atom. The van der Waals surface area contributed by atoms with Crippen molar-refractivity contribution in [3.8, 4) is 0 Å². The molecule has 2 heterocycles. The zero-order valence-corrected chi connectivity index (χ0v) is 14.4. The number of nitrogens with two attached hydrogens (primary N) is 1. The highest BCUT2D eigenvalue weighted by molar-refractivity contribution is 7.89. The smallest absolute Gasteiger partial charge is 0.249 e. The number of nitrogen functional groups attached to an aromatic ring is 1. The van der Waals surface area contributed by atoms with E-state index in [9.17, 15) is 8.42 Å². The molecular formula is C12H23N5O2S2. The summed E-state index contributed by atoms with van der Waals surface area (Å²) in [4.78, 5) is 4.45. The second kappa shape index (κ2) is 6.47. The monoisotopic (exact) mass is 333 g/mol. The van der Waals surface area contributed by atoms with Crippen molar-refractivity contribution in [3.05, 3.63) is 0 Å². The molecule has 0 spiro atoms. The fraction of sp³-hybridized carbons (Fsp3) is 0.750. The summed E-state index contributed by atoms with van der Waals surface area (Å²) in [5.41, 5.74) is 5.78. The third kappa shape index (κ3) is 3.47. The number of rotatable bonds is 6. The number of anilines is 2. The normalized spacial score (nSPS) is 16.8. The number of hydrogen-bond donors (Lipinski definition) is 1. The van der Waals surface area contributed by atoms with Crippen LogP contribution in [0.25, 0.3) is 0 Å². The molecule has 1 fully saturated rings. The standard InChI is InChI=1S/C12H23N5O2S2/c1-15(2)21(18,19)10-11(13)14-20-12(10)16(3)8-9-17-6-4-5-7-17/h4-9H2,1-3H3,(H2,13,14). The molecule has 0 radical (unpaired) electrons. The van der Waals surface area contributed by atoms with E-state index < -0.39 is 10.0 Å². The highest BCUT2D eigenvalue weighted by Crippen LogP contribution is 2.35. The lowest BCUT2D eigenvalue weighted by atomic mass is 10.4. The first-order valence-electron chi connectivity index (χ1n) is 6.95. The Morgan fingerprint density at radius 3 is 2.48 bits per heavy atom. The van der Waals surface area contributed by atoms with Gasteiger partial charge < -0.3 is 15.5 Å². The Bertz CT molecular complexity index is 578. The molecule has 0 amide bonds. The van der Waals surface area contributed by atoms with Crippen LogP contribution in [0.2, 0.25) is 0 Å². The van der Waals surface area contributed by atoms with Crippen molar-refractivity contribution in [2.45, 2.75) is 17.7 Å². The van der Waals surface area contributed by atoms with Gasteiger partial charge in [0.25, 0.3) is 0 Å². The molecule has 2 rings (SSSR count). The molecular weight excluding hydrogens is 310 g/mol. The molecule has 0 aromatic carbocycles. The largest absolute Gasteiger partial charge is 0.382 e. The lowest BCUT2D eigenvalue weighted by molar-refractivity contribution is 0.346. The van der Waals surface area contributed by atoms with Crippen molar-refractivity contribution in [1.82, 2.24) is 13.6 Å². The van der Waals surface area contributed by atoms with Crippen LogP contribution in [0.1, 0.15) is 12.8 Å². The third-order valence-corrected chi connectivity index (χ3v) is 6.68. The maximum absolute atomic E-state index is 12.4. The van der Waals surface area contributed by atoms with Crippen molar-refractivity contribution in [2.75, 3.05) is 58.0 Å². The highest BCUT2D eigenvalue weighted by Gasteiger charge is 2.29. The molecule has 1 aliphatic heterocycles. The first-order valence-corrected chi connectivity index (χ1v) is 9.16. The molecule has 7 nitrogen and oxygen atoms in total. The Labute approximate surface area is 130 Å². The highest BCUT2D eigenvalue weighted by atomic mass is 32.2. The summed E-state index contributed by atoms with van der Waals surface area (Å²) in [7, 11) is 1.31. The molecule has 21 heavy (non-hydrogen) atoms. The number of nitrogens with zero attached hydrogens (tertiary/aromatic N) is 4. The second-order valence-electron chi connectivity index (χ2n) is 5.46. The van der Waals surface area contributed by atoms with Gasteiger partial charge in [-0.3, -0.25) is 0 Å². The van der Waals surface area contributed by atoms with Crippen LogP contribution >= 0.6 is 11.5 Å². The first-order chi connectivity index (χ1) is 9.84. The van der Waals surface area contributed by atoms with E-state index in [0.29, 0.717) is 5.00 Å².